The average molecular weight is 351 g/mol. The maximum Gasteiger partial charge on any atom is 0.240 e. The van der Waals surface area contributed by atoms with Gasteiger partial charge in [0.25, 0.3) is 0 Å². The Hall–Kier alpha value is -1.44. The van der Waals surface area contributed by atoms with Gasteiger partial charge in [-0.25, -0.2) is 13.1 Å². The molecule has 2 bridgehead atoms. The number of fused-ring (bicyclic) bond motifs is 2. The van der Waals surface area contributed by atoms with Gasteiger partial charge in [0, 0.05) is 31.6 Å². The van der Waals surface area contributed by atoms with Crippen molar-refractivity contribution in [1.29, 1.82) is 0 Å². The van der Waals surface area contributed by atoms with Crippen LogP contribution in [-0.2, 0) is 21.2 Å². The fourth-order valence-corrected chi connectivity index (χ4v) is 4.26. The van der Waals surface area contributed by atoms with Crippen molar-refractivity contribution in [2.45, 2.75) is 49.1 Å². The fraction of sp³-hybridized carbons (Fsp3) is 0.588. The number of aryl methyl sites for hydroxylation is 1. The summed E-state index contributed by atoms with van der Waals surface area (Å²) in [4.78, 5) is 14.7. The third-order valence-electron chi connectivity index (χ3n) is 5.01. The molecule has 0 aromatic heterocycles. The molecule has 0 saturated carbocycles. The van der Waals surface area contributed by atoms with Gasteiger partial charge in [-0.2, -0.15) is 0 Å². The summed E-state index contributed by atoms with van der Waals surface area (Å²) in [6, 6.07) is 7.76. The van der Waals surface area contributed by atoms with Gasteiger partial charge in [-0.1, -0.05) is 12.1 Å². The lowest BCUT2D eigenvalue weighted by Gasteiger charge is -2.24. The molecule has 3 rings (SSSR count). The van der Waals surface area contributed by atoms with E-state index in [1.54, 1.807) is 24.3 Å². The van der Waals surface area contributed by atoms with Crippen LogP contribution in [0.4, 0.5) is 0 Å². The Morgan fingerprint density at radius 2 is 1.92 bits per heavy atom. The molecule has 0 aliphatic carbocycles. The Balaban J connectivity index is 1.54. The van der Waals surface area contributed by atoms with E-state index in [1.165, 1.54) is 13.5 Å². The molecule has 6 nitrogen and oxygen atoms in total. The van der Waals surface area contributed by atoms with Gasteiger partial charge in [0.2, 0.25) is 15.9 Å². The second-order valence-electron chi connectivity index (χ2n) is 6.62. The molecular formula is C17H25N3O3S. The first-order chi connectivity index (χ1) is 11.5. The maximum atomic E-state index is 12.5. The SMILES string of the molecule is CNS(=O)(=O)c1ccc(CCC(=O)N2CCC3CCC(C2)N3)cc1. The van der Waals surface area contributed by atoms with E-state index in [4.69, 9.17) is 0 Å². The Labute approximate surface area is 143 Å². The van der Waals surface area contributed by atoms with Gasteiger partial charge in [0.15, 0.2) is 0 Å². The zero-order valence-corrected chi connectivity index (χ0v) is 14.8. The first-order valence-electron chi connectivity index (χ1n) is 8.54. The van der Waals surface area contributed by atoms with Crippen LogP contribution in [0.1, 0.15) is 31.2 Å². The number of rotatable bonds is 5. The van der Waals surface area contributed by atoms with Crippen LogP contribution in [0.15, 0.2) is 29.2 Å². The van der Waals surface area contributed by atoms with Crippen molar-refractivity contribution in [2.24, 2.45) is 0 Å². The van der Waals surface area contributed by atoms with Crippen LogP contribution in [0, 0.1) is 0 Å². The molecule has 1 aromatic carbocycles. The van der Waals surface area contributed by atoms with E-state index in [-0.39, 0.29) is 10.8 Å². The number of carbonyl (C=O) groups is 1. The van der Waals surface area contributed by atoms with Gasteiger partial charge in [0.1, 0.15) is 0 Å². The summed E-state index contributed by atoms with van der Waals surface area (Å²) in [6.07, 6.45) is 4.54. The standard InChI is InChI=1S/C17H25N3O3S/c1-18-24(22,23)16-7-2-13(3-8-16)4-9-17(21)20-11-10-14-5-6-15(12-20)19-14/h2-3,7-8,14-15,18-19H,4-6,9-12H2,1H3. The molecule has 2 aliphatic rings. The van der Waals surface area contributed by atoms with Crippen molar-refractivity contribution in [3.05, 3.63) is 29.8 Å². The van der Waals surface area contributed by atoms with Crippen molar-refractivity contribution in [2.75, 3.05) is 20.1 Å². The molecular weight excluding hydrogens is 326 g/mol. The molecule has 1 aromatic rings. The van der Waals surface area contributed by atoms with Crippen LogP contribution in [0.2, 0.25) is 0 Å². The van der Waals surface area contributed by atoms with Crippen LogP contribution in [-0.4, -0.2) is 51.4 Å². The second-order valence-corrected chi connectivity index (χ2v) is 8.50. The molecule has 2 unspecified atom stereocenters. The topological polar surface area (TPSA) is 78.5 Å². The summed E-state index contributed by atoms with van der Waals surface area (Å²) in [7, 11) is -2.01. The Kier molecular flexibility index (Phi) is 5.22. The normalized spacial score (nSPS) is 24.0. The molecule has 2 heterocycles. The van der Waals surface area contributed by atoms with E-state index >= 15 is 0 Å². The highest BCUT2D eigenvalue weighted by atomic mass is 32.2. The van der Waals surface area contributed by atoms with Gasteiger partial charge in [-0.3, -0.25) is 4.79 Å². The predicted octanol–water partition coefficient (Wildman–Crippen LogP) is 0.880. The molecule has 2 atom stereocenters. The van der Waals surface area contributed by atoms with E-state index in [0.29, 0.717) is 24.9 Å². The molecule has 2 aliphatic heterocycles. The minimum Gasteiger partial charge on any atom is -0.341 e. The summed E-state index contributed by atoms with van der Waals surface area (Å²) in [5, 5.41) is 3.58. The van der Waals surface area contributed by atoms with Crippen molar-refractivity contribution < 1.29 is 13.2 Å². The number of sulfonamides is 1. The van der Waals surface area contributed by atoms with Crippen LogP contribution in [0.5, 0.6) is 0 Å². The minimum atomic E-state index is -3.40. The highest BCUT2D eigenvalue weighted by molar-refractivity contribution is 7.89. The number of amides is 1. The largest absolute Gasteiger partial charge is 0.341 e. The molecule has 0 radical (unpaired) electrons. The van der Waals surface area contributed by atoms with Crippen molar-refractivity contribution in [3.63, 3.8) is 0 Å². The maximum absolute atomic E-state index is 12.5. The number of benzene rings is 1. The number of carbonyl (C=O) groups excluding carboxylic acids is 1. The third-order valence-corrected chi connectivity index (χ3v) is 6.44. The molecule has 2 saturated heterocycles. The first kappa shape index (κ1) is 17.4. The van der Waals surface area contributed by atoms with Crippen LogP contribution in [0.3, 0.4) is 0 Å². The summed E-state index contributed by atoms with van der Waals surface area (Å²) in [5.74, 6) is 0.191. The Morgan fingerprint density at radius 1 is 1.21 bits per heavy atom. The predicted molar refractivity (Wildman–Crippen MR) is 92.2 cm³/mol. The number of nitrogens with zero attached hydrogens (tertiary/aromatic N) is 1. The number of hydrogen-bond donors (Lipinski definition) is 2. The summed E-state index contributed by atoms with van der Waals surface area (Å²) >= 11 is 0. The van der Waals surface area contributed by atoms with Crippen molar-refractivity contribution in [1.82, 2.24) is 14.9 Å². The van der Waals surface area contributed by atoms with Gasteiger partial charge in [-0.05, 0) is 50.4 Å². The Bertz CT molecular complexity index is 688. The number of likely N-dealkylation sites (tertiary alicyclic amines) is 1. The third kappa shape index (κ3) is 3.96. The van der Waals surface area contributed by atoms with E-state index in [1.807, 2.05) is 4.90 Å². The quantitative estimate of drug-likeness (QED) is 0.825. The zero-order valence-electron chi connectivity index (χ0n) is 14.0. The van der Waals surface area contributed by atoms with Gasteiger partial charge >= 0.3 is 0 Å². The van der Waals surface area contributed by atoms with Crippen LogP contribution in [0.25, 0.3) is 0 Å². The van der Waals surface area contributed by atoms with Gasteiger partial charge in [-0.15, -0.1) is 0 Å². The minimum absolute atomic E-state index is 0.191. The van der Waals surface area contributed by atoms with Gasteiger partial charge in [0.05, 0.1) is 4.90 Å². The molecule has 0 spiro atoms. The smallest absolute Gasteiger partial charge is 0.240 e. The Morgan fingerprint density at radius 3 is 2.62 bits per heavy atom. The highest BCUT2D eigenvalue weighted by Crippen LogP contribution is 2.21. The lowest BCUT2D eigenvalue weighted by molar-refractivity contribution is -0.131. The van der Waals surface area contributed by atoms with Crippen molar-refractivity contribution in [3.8, 4) is 0 Å². The molecule has 2 fully saturated rings. The second kappa shape index (κ2) is 7.21. The van der Waals surface area contributed by atoms with Crippen LogP contribution >= 0.6 is 0 Å². The average Bonchev–Trinajstić information content (AvgIpc) is 2.92. The summed E-state index contributed by atoms with van der Waals surface area (Å²) in [6.45, 7) is 1.65. The highest BCUT2D eigenvalue weighted by Gasteiger charge is 2.30. The van der Waals surface area contributed by atoms with Crippen LogP contribution < -0.4 is 10.0 Å². The van der Waals surface area contributed by atoms with Crippen molar-refractivity contribution >= 4 is 15.9 Å². The molecule has 2 N–H and O–H groups in total. The lowest BCUT2D eigenvalue weighted by atomic mass is 10.1. The first-order valence-corrected chi connectivity index (χ1v) is 10.0. The van der Waals surface area contributed by atoms with Gasteiger partial charge < -0.3 is 10.2 Å². The zero-order chi connectivity index (χ0) is 17.2. The lowest BCUT2D eigenvalue weighted by Crippen LogP contribution is -2.39. The molecule has 7 heteroatoms. The number of hydrogen-bond acceptors (Lipinski definition) is 4. The summed E-state index contributed by atoms with van der Waals surface area (Å²) in [5.41, 5.74) is 0.980. The number of nitrogens with one attached hydrogen (secondary N) is 2. The molecule has 24 heavy (non-hydrogen) atoms. The monoisotopic (exact) mass is 351 g/mol. The fourth-order valence-electron chi connectivity index (χ4n) is 3.53. The van der Waals surface area contributed by atoms with E-state index < -0.39 is 10.0 Å². The summed E-state index contributed by atoms with van der Waals surface area (Å²) < 4.78 is 25.7. The molecule has 132 valence electrons. The molecule has 1 amide bonds. The van der Waals surface area contributed by atoms with E-state index in [9.17, 15) is 13.2 Å². The van der Waals surface area contributed by atoms with E-state index in [2.05, 4.69) is 10.0 Å². The van der Waals surface area contributed by atoms with E-state index in [0.717, 1.165) is 31.5 Å².